The van der Waals surface area contributed by atoms with Crippen LogP contribution < -0.4 is 10.1 Å². The molecular formula is C14H23N3O. The van der Waals surface area contributed by atoms with Crippen LogP contribution in [-0.4, -0.2) is 32.8 Å². The van der Waals surface area contributed by atoms with Gasteiger partial charge in [-0.3, -0.25) is 5.41 Å². The third-order valence-corrected chi connectivity index (χ3v) is 2.28. The summed E-state index contributed by atoms with van der Waals surface area (Å²) in [5, 5.41) is 9.49. The molecule has 0 aromatic heterocycles. The maximum atomic E-state index is 6.57. The molecule has 0 bridgehead atoms. The first-order valence-electron chi connectivity index (χ1n) is 5.97. The van der Waals surface area contributed by atoms with Crippen molar-refractivity contribution in [3.8, 4) is 5.75 Å². The number of nitrogens with zero attached hydrogens (tertiary/aromatic N) is 1. The number of hydrogen-bond acceptors (Lipinski definition) is 3. The molecule has 1 aromatic rings. The SMILES string of the molecule is CCc1ccc(OC)cc1.CNCC(C)=NC=N. The Kier molecular flexibility index (Phi) is 9.50. The van der Waals surface area contributed by atoms with Crippen molar-refractivity contribution in [3.05, 3.63) is 29.8 Å². The Morgan fingerprint density at radius 3 is 2.39 bits per heavy atom. The normalized spacial score (nSPS) is 10.3. The fraction of sp³-hybridized carbons (Fsp3) is 0.429. The van der Waals surface area contributed by atoms with Crippen molar-refractivity contribution < 1.29 is 4.74 Å². The quantitative estimate of drug-likeness (QED) is 0.622. The van der Waals surface area contributed by atoms with Gasteiger partial charge in [-0.15, -0.1) is 0 Å². The molecular weight excluding hydrogens is 226 g/mol. The van der Waals surface area contributed by atoms with E-state index in [1.54, 1.807) is 7.11 Å². The van der Waals surface area contributed by atoms with Gasteiger partial charge in [0.15, 0.2) is 0 Å². The molecule has 1 aromatic carbocycles. The molecule has 0 spiro atoms. The number of rotatable bonds is 5. The van der Waals surface area contributed by atoms with Gasteiger partial charge in [0.1, 0.15) is 12.1 Å². The number of benzene rings is 1. The van der Waals surface area contributed by atoms with Gasteiger partial charge in [0.2, 0.25) is 0 Å². The van der Waals surface area contributed by atoms with E-state index >= 15 is 0 Å². The summed E-state index contributed by atoms with van der Waals surface area (Å²) in [4.78, 5) is 3.71. The minimum Gasteiger partial charge on any atom is -0.497 e. The third-order valence-electron chi connectivity index (χ3n) is 2.28. The Morgan fingerprint density at radius 2 is 2.00 bits per heavy atom. The average Bonchev–Trinajstić information content (AvgIpc) is 2.40. The average molecular weight is 249 g/mol. The van der Waals surface area contributed by atoms with Gasteiger partial charge in [0.05, 0.1) is 7.11 Å². The summed E-state index contributed by atoms with van der Waals surface area (Å²) in [7, 11) is 3.53. The molecule has 0 heterocycles. The molecule has 0 unspecified atom stereocenters. The molecule has 100 valence electrons. The van der Waals surface area contributed by atoms with E-state index in [2.05, 4.69) is 29.4 Å². The topological polar surface area (TPSA) is 57.5 Å². The zero-order valence-corrected chi connectivity index (χ0v) is 11.7. The van der Waals surface area contributed by atoms with Crippen molar-refractivity contribution in [2.24, 2.45) is 4.99 Å². The van der Waals surface area contributed by atoms with Crippen molar-refractivity contribution in [1.29, 1.82) is 5.41 Å². The van der Waals surface area contributed by atoms with Gasteiger partial charge >= 0.3 is 0 Å². The molecule has 0 radical (unpaired) electrons. The van der Waals surface area contributed by atoms with Crippen LogP contribution in [0.4, 0.5) is 0 Å². The Morgan fingerprint density at radius 1 is 1.39 bits per heavy atom. The molecule has 18 heavy (non-hydrogen) atoms. The summed E-state index contributed by atoms with van der Waals surface area (Å²) >= 11 is 0. The maximum Gasteiger partial charge on any atom is 0.118 e. The first-order chi connectivity index (χ1) is 8.67. The van der Waals surface area contributed by atoms with Gasteiger partial charge < -0.3 is 10.1 Å². The van der Waals surface area contributed by atoms with Crippen molar-refractivity contribution >= 4 is 12.1 Å². The van der Waals surface area contributed by atoms with Gasteiger partial charge in [-0.25, -0.2) is 4.99 Å². The lowest BCUT2D eigenvalue weighted by Gasteiger charge is -1.99. The molecule has 0 amide bonds. The third kappa shape index (κ3) is 7.57. The first kappa shape index (κ1) is 16.3. The lowest BCUT2D eigenvalue weighted by Crippen LogP contribution is -2.15. The lowest BCUT2D eigenvalue weighted by molar-refractivity contribution is 0.414. The predicted octanol–water partition coefficient (Wildman–Crippen LogP) is 2.53. The van der Waals surface area contributed by atoms with E-state index in [0.29, 0.717) is 0 Å². The second kappa shape index (κ2) is 10.5. The zero-order valence-electron chi connectivity index (χ0n) is 11.7. The molecule has 2 N–H and O–H groups in total. The Bertz CT molecular complexity index is 335. The molecule has 0 saturated carbocycles. The number of methoxy groups -OCH3 is 1. The maximum absolute atomic E-state index is 6.57. The molecule has 0 aliphatic carbocycles. The Labute approximate surface area is 110 Å². The van der Waals surface area contributed by atoms with Gasteiger partial charge in [-0.1, -0.05) is 19.1 Å². The van der Waals surface area contributed by atoms with Crippen LogP contribution in [0.1, 0.15) is 19.4 Å². The van der Waals surface area contributed by atoms with Crippen LogP contribution in [0.3, 0.4) is 0 Å². The van der Waals surface area contributed by atoms with E-state index in [0.717, 1.165) is 30.8 Å². The fourth-order valence-corrected chi connectivity index (χ4v) is 1.27. The summed E-state index contributed by atoms with van der Waals surface area (Å²) in [6.07, 6.45) is 2.14. The summed E-state index contributed by atoms with van der Waals surface area (Å²) in [6, 6.07) is 8.13. The smallest absolute Gasteiger partial charge is 0.118 e. The van der Waals surface area contributed by atoms with Gasteiger partial charge in [-0.05, 0) is 38.1 Å². The minimum absolute atomic E-state index is 0.759. The number of aryl methyl sites for hydroxylation is 1. The number of ether oxygens (including phenoxy) is 1. The van der Waals surface area contributed by atoms with E-state index < -0.39 is 0 Å². The van der Waals surface area contributed by atoms with E-state index in [1.165, 1.54) is 5.56 Å². The fourth-order valence-electron chi connectivity index (χ4n) is 1.27. The summed E-state index contributed by atoms with van der Waals surface area (Å²) in [5.74, 6) is 0.928. The number of hydrogen-bond donors (Lipinski definition) is 2. The van der Waals surface area contributed by atoms with Crippen LogP contribution in [0.5, 0.6) is 5.75 Å². The van der Waals surface area contributed by atoms with Crippen LogP contribution in [0, 0.1) is 5.41 Å². The van der Waals surface area contributed by atoms with Crippen molar-refractivity contribution in [3.63, 3.8) is 0 Å². The predicted molar refractivity (Wildman–Crippen MR) is 78.2 cm³/mol. The van der Waals surface area contributed by atoms with Gasteiger partial charge in [0, 0.05) is 12.3 Å². The molecule has 0 fully saturated rings. The largest absolute Gasteiger partial charge is 0.497 e. The van der Waals surface area contributed by atoms with Crippen molar-refractivity contribution in [1.82, 2.24) is 5.32 Å². The minimum atomic E-state index is 0.759. The molecule has 1 rings (SSSR count). The van der Waals surface area contributed by atoms with E-state index in [1.807, 2.05) is 26.1 Å². The zero-order chi connectivity index (χ0) is 13.8. The van der Waals surface area contributed by atoms with Crippen molar-refractivity contribution in [2.75, 3.05) is 20.7 Å². The first-order valence-corrected chi connectivity index (χ1v) is 5.97. The van der Waals surface area contributed by atoms with E-state index in [9.17, 15) is 0 Å². The van der Waals surface area contributed by atoms with Crippen LogP contribution in [0.25, 0.3) is 0 Å². The van der Waals surface area contributed by atoms with Crippen molar-refractivity contribution in [2.45, 2.75) is 20.3 Å². The molecule has 0 aliphatic rings. The Balaban J connectivity index is 0.000000331. The standard InChI is InChI=1S/C9H12O.C5H11N3/c1-3-8-4-6-9(10-2)7-5-8;1-5(3-7-2)8-4-6/h4-7H,3H2,1-2H3;4,6-7H,3H2,1-2H3. The second-order valence-corrected chi connectivity index (χ2v) is 3.73. The number of nitrogens with one attached hydrogen (secondary N) is 2. The highest BCUT2D eigenvalue weighted by molar-refractivity contribution is 5.89. The molecule has 0 saturated heterocycles. The van der Waals surface area contributed by atoms with E-state index in [-0.39, 0.29) is 0 Å². The highest BCUT2D eigenvalue weighted by Crippen LogP contribution is 2.10. The highest BCUT2D eigenvalue weighted by atomic mass is 16.5. The van der Waals surface area contributed by atoms with Gasteiger partial charge in [0.25, 0.3) is 0 Å². The molecule has 0 aliphatic heterocycles. The molecule has 4 nitrogen and oxygen atoms in total. The Hall–Kier alpha value is -1.68. The van der Waals surface area contributed by atoms with Gasteiger partial charge in [-0.2, -0.15) is 0 Å². The van der Waals surface area contributed by atoms with Crippen LogP contribution in [-0.2, 0) is 6.42 Å². The second-order valence-electron chi connectivity index (χ2n) is 3.73. The molecule has 0 atom stereocenters. The summed E-state index contributed by atoms with van der Waals surface area (Å²) in [5.41, 5.74) is 2.28. The van der Waals surface area contributed by atoms with Crippen LogP contribution >= 0.6 is 0 Å². The lowest BCUT2D eigenvalue weighted by atomic mass is 10.2. The summed E-state index contributed by atoms with van der Waals surface area (Å²) in [6.45, 7) is 4.78. The summed E-state index contributed by atoms with van der Waals surface area (Å²) < 4.78 is 5.01. The monoisotopic (exact) mass is 249 g/mol. The number of aliphatic imine (C=N–C) groups is 1. The van der Waals surface area contributed by atoms with Crippen LogP contribution in [0.2, 0.25) is 0 Å². The van der Waals surface area contributed by atoms with E-state index in [4.69, 9.17) is 10.1 Å². The molecule has 4 heteroatoms. The highest BCUT2D eigenvalue weighted by Gasteiger charge is 1.89. The van der Waals surface area contributed by atoms with Crippen LogP contribution in [0.15, 0.2) is 29.3 Å².